The lowest BCUT2D eigenvalue weighted by molar-refractivity contribution is 1.17. The number of aromatic nitrogens is 1. The van der Waals surface area contributed by atoms with Gasteiger partial charge in [-0.05, 0) is 123 Å². The molecule has 0 aliphatic heterocycles. The van der Waals surface area contributed by atoms with E-state index in [0.29, 0.717) is 0 Å². The van der Waals surface area contributed by atoms with Crippen LogP contribution < -0.4 is 10.1 Å². The van der Waals surface area contributed by atoms with Gasteiger partial charge in [0.15, 0.2) is 0 Å². The van der Waals surface area contributed by atoms with Crippen LogP contribution in [0.4, 0.5) is 17.1 Å². The number of anilines is 3. The predicted octanol–water partition coefficient (Wildman–Crippen LogP) is 15.6. The molecule has 0 spiro atoms. The van der Waals surface area contributed by atoms with Crippen LogP contribution in [0.2, 0.25) is 19.6 Å². The summed E-state index contributed by atoms with van der Waals surface area (Å²) in [6.45, 7) is 11.8. The molecule has 288 valence electrons. The second-order valence-corrected chi connectivity index (χ2v) is 22.5. The molecule has 0 saturated carbocycles. The van der Waals surface area contributed by atoms with E-state index in [1.54, 1.807) is 0 Å². The molecule has 11 rings (SSSR count). The summed E-state index contributed by atoms with van der Waals surface area (Å²) in [6, 6.07) is 69.8. The van der Waals surface area contributed by atoms with Crippen molar-refractivity contribution in [3.8, 4) is 27.9 Å². The van der Waals surface area contributed by atoms with Gasteiger partial charge in [-0.3, -0.25) is 0 Å². The van der Waals surface area contributed by atoms with E-state index in [0.717, 1.165) is 17.1 Å². The molecule has 11 aromatic rings. The topological polar surface area (TPSA) is 8.17 Å². The van der Waals surface area contributed by atoms with Gasteiger partial charge in [0.1, 0.15) is 0 Å². The Balaban J connectivity index is 1.10. The summed E-state index contributed by atoms with van der Waals surface area (Å²) < 4.78 is 2.47. The van der Waals surface area contributed by atoms with Gasteiger partial charge in [0.25, 0.3) is 0 Å². The van der Waals surface area contributed by atoms with E-state index < -0.39 is 8.07 Å². The summed E-state index contributed by atoms with van der Waals surface area (Å²) in [5, 5.41) is 12.0. The molecule has 10 aromatic carbocycles. The molecule has 0 saturated heterocycles. The van der Waals surface area contributed by atoms with Gasteiger partial charge in [-0.15, -0.1) is 0 Å². The highest BCUT2D eigenvalue weighted by molar-refractivity contribution is 6.88. The molecular weight excluding hydrogens is 741 g/mol. The Morgan fingerprint density at radius 1 is 0.433 bits per heavy atom. The van der Waals surface area contributed by atoms with Crippen molar-refractivity contribution in [3.05, 3.63) is 199 Å². The van der Waals surface area contributed by atoms with E-state index in [1.807, 2.05) is 0 Å². The lowest BCUT2D eigenvalue weighted by Crippen LogP contribution is -2.37. The first kappa shape index (κ1) is 36.2. The number of fused-ring (bicyclic) bond motifs is 4. The number of rotatable bonds is 7. The fraction of sp³-hybridized carbons (Fsp3) is 0.0877. The van der Waals surface area contributed by atoms with Gasteiger partial charge in [0.2, 0.25) is 0 Å². The summed E-state index contributed by atoms with van der Waals surface area (Å²) >= 11 is 0. The zero-order chi connectivity index (χ0) is 40.7. The summed E-state index contributed by atoms with van der Waals surface area (Å²) in [4.78, 5) is 2.43. The van der Waals surface area contributed by atoms with E-state index in [2.05, 4.69) is 231 Å². The molecule has 1 heterocycles. The van der Waals surface area contributed by atoms with Gasteiger partial charge < -0.3 is 9.47 Å². The summed E-state index contributed by atoms with van der Waals surface area (Å²) in [7, 11) is -1.47. The zero-order valence-corrected chi connectivity index (χ0v) is 35.8. The molecule has 0 bridgehead atoms. The Labute approximate surface area is 352 Å². The molecule has 0 aliphatic rings. The molecule has 1 aromatic heterocycles. The summed E-state index contributed by atoms with van der Waals surface area (Å²) in [5.74, 6) is 0. The fourth-order valence-corrected chi connectivity index (χ4v) is 11.0. The van der Waals surface area contributed by atoms with Crippen molar-refractivity contribution in [3.63, 3.8) is 0 Å². The molecule has 0 aliphatic carbocycles. The van der Waals surface area contributed by atoms with Crippen molar-refractivity contribution in [2.75, 3.05) is 4.90 Å². The molecule has 0 amide bonds. The smallest absolute Gasteiger partial charge is 0.0775 e. The maximum Gasteiger partial charge on any atom is 0.0775 e. The monoisotopic (exact) mass is 786 g/mol. The maximum atomic E-state index is 2.47. The van der Waals surface area contributed by atoms with E-state index in [4.69, 9.17) is 0 Å². The largest absolute Gasteiger partial charge is 0.310 e. The van der Waals surface area contributed by atoms with Gasteiger partial charge in [-0.25, -0.2) is 0 Å². The van der Waals surface area contributed by atoms with Crippen molar-refractivity contribution in [1.82, 2.24) is 4.57 Å². The minimum Gasteiger partial charge on any atom is -0.310 e. The van der Waals surface area contributed by atoms with Crippen LogP contribution in [-0.4, -0.2) is 12.6 Å². The summed E-state index contributed by atoms with van der Waals surface area (Å²) in [5.41, 5.74) is 14.6. The number of para-hydroxylation sites is 3. The van der Waals surface area contributed by atoms with E-state index in [9.17, 15) is 0 Å². The Hall–Kier alpha value is -6.94. The van der Waals surface area contributed by atoms with Gasteiger partial charge in [-0.2, -0.15) is 0 Å². The predicted molar refractivity (Wildman–Crippen MR) is 262 cm³/mol. The van der Waals surface area contributed by atoms with Crippen LogP contribution in [0.1, 0.15) is 11.1 Å². The minimum absolute atomic E-state index is 1.13. The van der Waals surface area contributed by atoms with Crippen LogP contribution >= 0.6 is 0 Å². The molecule has 3 heteroatoms. The van der Waals surface area contributed by atoms with Crippen molar-refractivity contribution < 1.29 is 0 Å². The maximum absolute atomic E-state index is 2.47. The normalized spacial score (nSPS) is 12.1. The van der Waals surface area contributed by atoms with Crippen LogP contribution in [0, 0.1) is 13.8 Å². The van der Waals surface area contributed by atoms with Crippen LogP contribution in [0.3, 0.4) is 0 Å². The highest BCUT2D eigenvalue weighted by Gasteiger charge is 2.24. The lowest BCUT2D eigenvalue weighted by Gasteiger charge is -2.29. The fourth-order valence-electron chi connectivity index (χ4n) is 9.88. The Kier molecular flexibility index (Phi) is 8.33. The first-order chi connectivity index (χ1) is 29.3. The minimum atomic E-state index is -1.47. The van der Waals surface area contributed by atoms with Crippen molar-refractivity contribution in [2.24, 2.45) is 0 Å². The average Bonchev–Trinajstić information content (AvgIpc) is 3.64. The quantitative estimate of drug-likeness (QED) is 0.115. The summed E-state index contributed by atoms with van der Waals surface area (Å²) in [6.07, 6.45) is 0. The van der Waals surface area contributed by atoms with Gasteiger partial charge in [-0.1, -0.05) is 164 Å². The van der Waals surface area contributed by atoms with Gasteiger partial charge in [0.05, 0.1) is 24.8 Å². The van der Waals surface area contributed by atoms with Crippen molar-refractivity contribution in [1.29, 1.82) is 0 Å². The first-order valence-corrected chi connectivity index (χ1v) is 24.6. The van der Waals surface area contributed by atoms with Crippen molar-refractivity contribution in [2.45, 2.75) is 33.5 Å². The number of nitrogens with zero attached hydrogens (tertiary/aromatic N) is 2. The second kappa shape index (κ2) is 13.8. The number of aryl methyl sites for hydroxylation is 2. The number of hydrogen-bond acceptors (Lipinski definition) is 1. The van der Waals surface area contributed by atoms with Crippen LogP contribution in [0.5, 0.6) is 0 Å². The molecule has 0 N–H and O–H groups in total. The highest BCUT2D eigenvalue weighted by atomic mass is 28.3. The molecule has 0 unspecified atom stereocenters. The van der Waals surface area contributed by atoms with E-state index >= 15 is 0 Å². The standard InChI is InChI=1S/C57H46N2Si/c1-37-36-51(40-24-26-42(27-25-40)58(43-28-30-44(31-29-43)60(3,4)5)52-22-14-12-20-47(52)39-16-8-6-9-17-39)48-34-33-46-38(2)57-56(50-35-32-45(37)54(48)55(46)50)49-21-13-15-23-53(49)59(57)41-18-10-7-11-19-41/h6-36H,1-5H3. The van der Waals surface area contributed by atoms with Gasteiger partial charge in [0, 0.05) is 33.4 Å². The highest BCUT2D eigenvalue weighted by Crippen LogP contribution is 2.48. The van der Waals surface area contributed by atoms with Crippen LogP contribution in [-0.2, 0) is 0 Å². The Bertz CT molecular complexity index is 3390. The molecule has 0 fully saturated rings. The zero-order valence-electron chi connectivity index (χ0n) is 34.8. The van der Waals surface area contributed by atoms with Crippen molar-refractivity contribution >= 4 is 84.4 Å². The molecule has 2 nitrogen and oxygen atoms in total. The number of hydrogen-bond donors (Lipinski definition) is 0. The average molecular weight is 787 g/mol. The molecule has 0 radical (unpaired) electrons. The van der Waals surface area contributed by atoms with Crippen LogP contribution in [0.25, 0.3) is 82.1 Å². The van der Waals surface area contributed by atoms with E-state index in [1.165, 1.54) is 98.4 Å². The third-order valence-corrected chi connectivity index (χ3v) is 14.9. The lowest BCUT2D eigenvalue weighted by atomic mass is 9.85. The third-order valence-electron chi connectivity index (χ3n) is 12.8. The SMILES string of the molecule is Cc1cc(-c2ccc(N(c3ccc([Si](C)(C)C)cc3)c3ccccc3-c3ccccc3)cc2)c2ccc3c(C)c4c(c5ccc1c2c35)c1ccccc1n4-c1ccccc1. The molecule has 0 atom stereocenters. The molecule has 60 heavy (non-hydrogen) atoms. The second-order valence-electron chi connectivity index (χ2n) is 17.4. The molecular formula is C57H46N2Si. The first-order valence-electron chi connectivity index (χ1n) is 21.1. The van der Waals surface area contributed by atoms with Gasteiger partial charge >= 0.3 is 0 Å². The Morgan fingerprint density at radius 2 is 1.00 bits per heavy atom. The number of benzene rings is 10. The third kappa shape index (κ3) is 5.61. The van der Waals surface area contributed by atoms with Crippen LogP contribution in [0.15, 0.2) is 188 Å². The Morgan fingerprint density at radius 3 is 1.73 bits per heavy atom. The van der Waals surface area contributed by atoms with E-state index in [-0.39, 0.29) is 0 Å².